The number of nitrogens with two attached hydrogens (primary N) is 2. The first-order valence-corrected chi connectivity index (χ1v) is 9.46. The third-order valence-electron chi connectivity index (χ3n) is 5.05. The largest absolute Gasteiger partial charge is 0.403 e. The molecule has 8 heteroatoms. The zero-order chi connectivity index (χ0) is 18.1. The summed E-state index contributed by atoms with van der Waals surface area (Å²) in [5.74, 6) is 5.26. The van der Waals surface area contributed by atoms with Crippen molar-refractivity contribution >= 4 is 28.8 Å². The van der Waals surface area contributed by atoms with Gasteiger partial charge >= 0.3 is 0 Å². The molecule has 0 aliphatic carbocycles. The molecule has 2 fully saturated rings. The molecule has 2 atom stereocenters. The second-order valence-electron chi connectivity index (χ2n) is 6.60. The van der Waals surface area contributed by atoms with Crippen molar-refractivity contribution in [3.63, 3.8) is 0 Å². The van der Waals surface area contributed by atoms with E-state index in [-0.39, 0.29) is 11.6 Å². The number of likely N-dealkylation sites (tertiary alicyclic amines) is 1. The van der Waals surface area contributed by atoms with Crippen LogP contribution in [0.25, 0.3) is 10.9 Å². The summed E-state index contributed by atoms with van der Waals surface area (Å²) < 4.78 is 2.44. The predicted molar refractivity (Wildman–Crippen MR) is 102 cm³/mol. The zero-order valence-corrected chi connectivity index (χ0v) is 15.2. The van der Waals surface area contributed by atoms with Crippen molar-refractivity contribution in [3.05, 3.63) is 48.4 Å². The number of carbonyl (C=O) groups excluding carboxylic acids is 1. The minimum absolute atomic E-state index is 0.136. The smallest absolute Gasteiger partial charge is 0.272 e. The van der Waals surface area contributed by atoms with Crippen LogP contribution < -0.4 is 17.0 Å². The number of para-hydroxylation sites is 1. The highest BCUT2D eigenvalue weighted by Crippen LogP contribution is 2.40. The van der Waals surface area contributed by atoms with Crippen LogP contribution in [0.5, 0.6) is 0 Å². The number of rotatable bonds is 4. The average molecular weight is 370 g/mol. The fourth-order valence-corrected chi connectivity index (χ4v) is 5.06. The molecule has 0 saturated carbocycles. The molecule has 2 unspecified atom stereocenters. The molecule has 2 bridgehead atoms. The second-order valence-corrected chi connectivity index (χ2v) is 7.65. The van der Waals surface area contributed by atoms with Crippen LogP contribution in [0.15, 0.2) is 53.3 Å². The molecule has 5 N–H and O–H groups in total. The van der Waals surface area contributed by atoms with Gasteiger partial charge in [0.1, 0.15) is 5.70 Å². The lowest BCUT2D eigenvalue weighted by molar-refractivity contribution is -0.129. The molecule has 7 nitrogen and oxygen atoms in total. The quantitative estimate of drug-likeness (QED) is 0.322. The molecule has 136 valence electrons. The number of pyridine rings is 1. The molecule has 2 aliphatic heterocycles. The Morgan fingerprint density at radius 1 is 1.23 bits per heavy atom. The third kappa shape index (κ3) is 3.00. The molecule has 1 amide bonds. The third-order valence-corrected chi connectivity index (χ3v) is 6.39. The van der Waals surface area contributed by atoms with Crippen LogP contribution in [0.2, 0.25) is 0 Å². The van der Waals surface area contributed by atoms with Crippen molar-refractivity contribution in [2.45, 2.75) is 29.8 Å². The Hall–Kier alpha value is -2.29. The minimum Gasteiger partial charge on any atom is -0.403 e. The fourth-order valence-electron chi connectivity index (χ4n) is 3.79. The summed E-state index contributed by atoms with van der Waals surface area (Å²) in [4.78, 5) is 20.1. The molecular formula is C18H22N6OS. The van der Waals surface area contributed by atoms with Gasteiger partial charge in [-0.15, -0.1) is 0 Å². The van der Waals surface area contributed by atoms with E-state index in [4.69, 9.17) is 11.6 Å². The molecular weight excluding hydrogens is 348 g/mol. The number of nitrogens with one attached hydrogen (secondary N) is 1. The van der Waals surface area contributed by atoms with E-state index in [1.165, 1.54) is 6.20 Å². The molecule has 2 saturated heterocycles. The summed E-state index contributed by atoms with van der Waals surface area (Å²) in [5, 5.41) is 1.14. The van der Waals surface area contributed by atoms with Crippen LogP contribution in [0.1, 0.15) is 12.8 Å². The van der Waals surface area contributed by atoms with E-state index in [1.54, 1.807) is 11.9 Å². The second kappa shape index (κ2) is 7.14. The highest BCUT2D eigenvalue weighted by molar-refractivity contribution is 7.97. The van der Waals surface area contributed by atoms with Gasteiger partial charge in [-0.3, -0.25) is 15.6 Å². The molecule has 1 aromatic heterocycles. The Kier molecular flexibility index (Phi) is 4.71. The van der Waals surface area contributed by atoms with Crippen molar-refractivity contribution < 1.29 is 4.79 Å². The Balaban J connectivity index is 1.53. The van der Waals surface area contributed by atoms with Crippen LogP contribution in [0.4, 0.5) is 0 Å². The highest BCUT2D eigenvalue weighted by atomic mass is 32.2. The van der Waals surface area contributed by atoms with Crippen LogP contribution in [-0.2, 0) is 4.79 Å². The van der Waals surface area contributed by atoms with Gasteiger partial charge in [0.2, 0.25) is 0 Å². The Bertz CT molecular complexity index is 837. The average Bonchev–Trinajstić information content (AvgIpc) is 2.90. The van der Waals surface area contributed by atoms with Gasteiger partial charge in [-0.25, -0.2) is 4.31 Å². The van der Waals surface area contributed by atoms with Crippen molar-refractivity contribution in [1.29, 1.82) is 0 Å². The standard InChI is InChI=1S/C18H22N6OS/c19-9-15(22-20)18(25)23-10-13-6-7-14(11-23)24(13)26-16-5-1-3-12-4-2-8-21-17(12)16/h1-5,8-9,13-14,22H,6-7,10-11,19-20H2/b15-9-. The lowest BCUT2D eigenvalue weighted by atomic mass is 10.2. The maximum absolute atomic E-state index is 12.5. The number of hydrogen-bond acceptors (Lipinski definition) is 7. The van der Waals surface area contributed by atoms with Gasteiger partial charge in [-0.2, -0.15) is 0 Å². The summed E-state index contributed by atoms with van der Waals surface area (Å²) in [7, 11) is 0. The molecule has 2 aliphatic rings. The van der Waals surface area contributed by atoms with Crippen LogP contribution in [-0.4, -0.2) is 45.3 Å². The van der Waals surface area contributed by atoms with E-state index >= 15 is 0 Å². The summed E-state index contributed by atoms with van der Waals surface area (Å²) in [5.41, 5.74) is 9.14. The summed E-state index contributed by atoms with van der Waals surface area (Å²) >= 11 is 1.76. The Morgan fingerprint density at radius 3 is 2.65 bits per heavy atom. The summed E-state index contributed by atoms with van der Waals surface area (Å²) in [6.45, 7) is 1.36. The fraction of sp³-hybridized carbons (Fsp3) is 0.333. The molecule has 3 heterocycles. The van der Waals surface area contributed by atoms with E-state index in [9.17, 15) is 4.79 Å². The SMILES string of the molecule is N/C=C(\NN)C(=O)N1CC2CCC(C1)N2Sc1cccc2cccnc12. The van der Waals surface area contributed by atoms with Gasteiger partial charge in [-0.1, -0.05) is 18.2 Å². The van der Waals surface area contributed by atoms with E-state index in [0.717, 1.165) is 28.6 Å². The highest BCUT2D eigenvalue weighted by Gasteiger charge is 2.42. The van der Waals surface area contributed by atoms with Crippen molar-refractivity contribution in [2.75, 3.05) is 13.1 Å². The first-order chi connectivity index (χ1) is 12.7. The van der Waals surface area contributed by atoms with Gasteiger partial charge in [0.15, 0.2) is 0 Å². The van der Waals surface area contributed by atoms with Gasteiger partial charge in [0, 0.05) is 47.9 Å². The number of hydrazine groups is 1. The molecule has 2 aromatic rings. The number of fused-ring (bicyclic) bond motifs is 3. The number of carbonyl (C=O) groups is 1. The maximum atomic E-state index is 12.5. The van der Waals surface area contributed by atoms with Crippen molar-refractivity contribution in [2.24, 2.45) is 11.6 Å². The van der Waals surface area contributed by atoms with E-state index in [1.807, 2.05) is 17.2 Å². The van der Waals surface area contributed by atoms with Crippen LogP contribution in [0, 0.1) is 0 Å². The van der Waals surface area contributed by atoms with Gasteiger partial charge in [0.05, 0.1) is 5.52 Å². The number of piperazine rings is 1. The molecule has 1 aromatic carbocycles. The summed E-state index contributed by atoms with van der Waals surface area (Å²) in [6, 6.07) is 10.9. The number of nitrogens with zero attached hydrogens (tertiary/aromatic N) is 3. The molecule has 26 heavy (non-hydrogen) atoms. The van der Waals surface area contributed by atoms with Crippen molar-refractivity contribution in [1.82, 2.24) is 19.6 Å². The Morgan fingerprint density at radius 2 is 1.96 bits per heavy atom. The van der Waals surface area contributed by atoms with E-state index in [0.29, 0.717) is 25.2 Å². The normalized spacial score (nSPS) is 23.4. The predicted octanol–water partition coefficient (Wildman–Crippen LogP) is 1.18. The van der Waals surface area contributed by atoms with Crippen LogP contribution in [0.3, 0.4) is 0 Å². The first kappa shape index (κ1) is 17.1. The number of amides is 1. The van der Waals surface area contributed by atoms with Gasteiger partial charge < -0.3 is 16.1 Å². The van der Waals surface area contributed by atoms with E-state index < -0.39 is 0 Å². The molecule has 4 rings (SSSR count). The topological polar surface area (TPSA) is 101 Å². The first-order valence-electron chi connectivity index (χ1n) is 8.69. The summed E-state index contributed by atoms with van der Waals surface area (Å²) in [6.07, 6.45) is 5.22. The zero-order valence-electron chi connectivity index (χ0n) is 14.3. The monoisotopic (exact) mass is 370 g/mol. The number of hydrogen-bond donors (Lipinski definition) is 3. The lowest BCUT2D eigenvalue weighted by Crippen LogP contribution is -2.54. The molecule has 0 radical (unpaired) electrons. The maximum Gasteiger partial charge on any atom is 0.272 e. The van der Waals surface area contributed by atoms with E-state index in [2.05, 4.69) is 39.0 Å². The minimum atomic E-state index is -0.136. The van der Waals surface area contributed by atoms with Crippen LogP contribution >= 0.6 is 11.9 Å². The van der Waals surface area contributed by atoms with Gasteiger partial charge in [-0.05, 0) is 36.9 Å². The number of aromatic nitrogens is 1. The lowest BCUT2D eigenvalue weighted by Gasteiger charge is -2.40. The molecule has 0 spiro atoms. The Labute approximate surface area is 156 Å². The van der Waals surface area contributed by atoms with Gasteiger partial charge in [0.25, 0.3) is 5.91 Å². The number of benzene rings is 1. The van der Waals surface area contributed by atoms with Crippen molar-refractivity contribution in [3.8, 4) is 0 Å².